The molecule has 0 amide bonds. The van der Waals surface area contributed by atoms with Gasteiger partial charge in [-0.05, 0) is 44.1 Å². The summed E-state index contributed by atoms with van der Waals surface area (Å²) in [5.74, 6) is 1.75. The molecule has 0 N–H and O–H groups in total. The summed E-state index contributed by atoms with van der Waals surface area (Å²) in [6, 6.07) is 0. The molecule has 0 aromatic carbocycles. The molecule has 2 unspecified atom stereocenters. The molecule has 1 fully saturated rings. The fourth-order valence-electron chi connectivity index (χ4n) is 1.92. The third-order valence-corrected chi connectivity index (χ3v) is 4.57. The Bertz CT molecular complexity index is 256. The van der Waals surface area contributed by atoms with E-state index in [0.717, 1.165) is 31.0 Å². The summed E-state index contributed by atoms with van der Waals surface area (Å²) in [5, 5.41) is 0. The van der Waals surface area contributed by atoms with Gasteiger partial charge < -0.3 is 4.74 Å². The van der Waals surface area contributed by atoms with Crippen LogP contribution in [0.5, 0.6) is 0 Å². The first-order valence-electron chi connectivity index (χ1n) is 5.62. The van der Waals surface area contributed by atoms with E-state index in [9.17, 15) is 4.21 Å². The van der Waals surface area contributed by atoms with Gasteiger partial charge in [-0.25, -0.2) is 0 Å². The average molecular weight is 230 g/mol. The molecule has 0 saturated carbocycles. The van der Waals surface area contributed by atoms with Crippen LogP contribution in [-0.2, 0) is 15.5 Å². The second kappa shape index (κ2) is 5.69. The van der Waals surface area contributed by atoms with Gasteiger partial charge in [0, 0.05) is 22.3 Å². The summed E-state index contributed by atoms with van der Waals surface area (Å²) in [5.41, 5.74) is 1.42. The zero-order chi connectivity index (χ0) is 11.3. The molecule has 88 valence electrons. The predicted molar refractivity (Wildman–Crippen MR) is 65.2 cm³/mol. The van der Waals surface area contributed by atoms with Crippen molar-refractivity contribution in [2.24, 2.45) is 5.41 Å². The Morgan fingerprint density at radius 1 is 1.53 bits per heavy atom. The van der Waals surface area contributed by atoms with E-state index in [1.165, 1.54) is 12.0 Å². The van der Waals surface area contributed by atoms with Crippen molar-refractivity contribution < 1.29 is 8.95 Å². The maximum absolute atomic E-state index is 11.5. The number of allylic oxidation sites excluding steroid dienone is 1. The Labute approximate surface area is 95.5 Å². The monoisotopic (exact) mass is 230 g/mol. The topological polar surface area (TPSA) is 26.3 Å². The van der Waals surface area contributed by atoms with Crippen LogP contribution in [0.4, 0.5) is 0 Å². The molecule has 0 spiro atoms. The van der Waals surface area contributed by atoms with Crippen LogP contribution >= 0.6 is 0 Å². The Morgan fingerprint density at radius 3 is 2.87 bits per heavy atom. The molecule has 2 atom stereocenters. The van der Waals surface area contributed by atoms with E-state index < -0.39 is 10.8 Å². The maximum atomic E-state index is 11.5. The number of hydrogen-bond acceptors (Lipinski definition) is 2. The summed E-state index contributed by atoms with van der Waals surface area (Å²) < 4.78 is 16.9. The van der Waals surface area contributed by atoms with Gasteiger partial charge in [0.1, 0.15) is 0 Å². The minimum absolute atomic E-state index is 0.235. The molecule has 1 heterocycles. The average Bonchev–Trinajstić information content (AvgIpc) is 2.12. The van der Waals surface area contributed by atoms with Crippen LogP contribution in [0.15, 0.2) is 11.8 Å². The summed E-state index contributed by atoms with van der Waals surface area (Å²) >= 11 is 0. The molecule has 0 aromatic heterocycles. The summed E-state index contributed by atoms with van der Waals surface area (Å²) in [6.45, 7) is 7.03. The van der Waals surface area contributed by atoms with Crippen molar-refractivity contribution in [1.82, 2.24) is 0 Å². The van der Waals surface area contributed by atoms with Gasteiger partial charge in [0.2, 0.25) is 0 Å². The molecule has 3 heteroatoms. The fourth-order valence-corrected chi connectivity index (χ4v) is 3.60. The van der Waals surface area contributed by atoms with E-state index >= 15 is 0 Å². The molecule has 1 saturated heterocycles. The Kier molecular flexibility index (Phi) is 4.84. The highest BCUT2D eigenvalue weighted by atomic mass is 32.2. The maximum Gasteiger partial charge on any atom is 0.0878 e. The summed E-state index contributed by atoms with van der Waals surface area (Å²) in [4.78, 5) is 0. The first kappa shape index (κ1) is 12.8. The molecule has 1 aliphatic rings. The second-order valence-electron chi connectivity index (χ2n) is 5.02. The summed E-state index contributed by atoms with van der Waals surface area (Å²) in [7, 11) is -0.595. The van der Waals surface area contributed by atoms with Crippen LogP contribution in [0.25, 0.3) is 0 Å². The van der Waals surface area contributed by atoms with Gasteiger partial charge in [-0.3, -0.25) is 4.21 Å². The van der Waals surface area contributed by atoms with Crippen LogP contribution in [0.3, 0.4) is 0 Å². The van der Waals surface area contributed by atoms with Gasteiger partial charge in [-0.2, -0.15) is 0 Å². The normalized spacial score (nSPS) is 31.0. The van der Waals surface area contributed by atoms with E-state index in [1.54, 1.807) is 0 Å². The minimum atomic E-state index is -0.595. The Hall–Kier alpha value is -0.310. The number of rotatable bonds is 4. The molecule has 15 heavy (non-hydrogen) atoms. The van der Waals surface area contributed by atoms with Crippen LogP contribution in [0.1, 0.15) is 40.0 Å². The molecular formula is C12H22O2S. The first-order valence-corrected chi connectivity index (χ1v) is 7.11. The zero-order valence-corrected chi connectivity index (χ0v) is 10.9. The molecule has 0 radical (unpaired) electrons. The van der Waals surface area contributed by atoms with Crippen molar-refractivity contribution in [2.75, 3.05) is 18.1 Å². The van der Waals surface area contributed by atoms with E-state index in [1.807, 2.05) is 20.1 Å². The molecule has 0 bridgehead atoms. The lowest BCUT2D eigenvalue weighted by atomic mass is 9.84. The van der Waals surface area contributed by atoms with Crippen molar-refractivity contribution in [2.45, 2.75) is 40.0 Å². The third kappa shape index (κ3) is 4.83. The highest BCUT2D eigenvalue weighted by Gasteiger charge is 2.30. The molecule has 1 aliphatic heterocycles. The Balaban J connectivity index is 2.30. The van der Waals surface area contributed by atoms with E-state index in [-0.39, 0.29) is 5.41 Å². The lowest BCUT2D eigenvalue weighted by molar-refractivity contribution is 0.178. The fraction of sp³-hybridized carbons (Fsp3) is 0.833. The van der Waals surface area contributed by atoms with Crippen molar-refractivity contribution in [3.8, 4) is 0 Å². The van der Waals surface area contributed by atoms with E-state index in [0.29, 0.717) is 0 Å². The van der Waals surface area contributed by atoms with Crippen LogP contribution < -0.4 is 0 Å². The number of ether oxygens (including phenoxy) is 1. The molecule has 1 rings (SSSR count). The third-order valence-electron chi connectivity index (χ3n) is 2.80. The standard InChI is InChI=1S/C12H22O2S/c1-11(2)9-14-7-6-12(3)5-4-8-15(13)10-12/h9H,4-8,10H2,1-3H3. The van der Waals surface area contributed by atoms with Gasteiger partial charge in [-0.15, -0.1) is 0 Å². The molecule has 2 nitrogen and oxygen atoms in total. The van der Waals surface area contributed by atoms with Crippen molar-refractivity contribution in [3.05, 3.63) is 11.8 Å². The second-order valence-corrected chi connectivity index (χ2v) is 6.60. The van der Waals surface area contributed by atoms with E-state index in [4.69, 9.17) is 4.74 Å². The van der Waals surface area contributed by atoms with Crippen molar-refractivity contribution in [3.63, 3.8) is 0 Å². The Morgan fingerprint density at radius 2 is 2.27 bits per heavy atom. The first-order chi connectivity index (χ1) is 7.02. The molecule has 0 aromatic rings. The minimum Gasteiger partial charge on any atom is -0.501 e. The smallest absolute Gasteiger partial charge is 0.0878 e. The van der Waals surface area contributed by atoms with Crippen molar-refractivity contribution >= 4 is 10.8 Å². The highest BCUT2D eigenvalue weighted by molar-refractivity contribution is 7.85. The van der Waals surface area contributed by atoms with Crippen LogP contribution in [0, 0.1) is 5.41 Å². The highest BCUT2D eigenvalue weighted by Crippen LogP contribution is 2.32. The van der Waals surface area contributed by atoms with Gasteiger partial charge in [0.05, 0.1) is 12.9 Å². The quantitative estimate of drug-likeness (QED) is 0.548. The van der Waals surface area contributed by atoms with Gasteiger partial charge in [-0.1, -0.05) is 6.92 Å². The predicted octanol–water partition coefficient (Wildman–Crippen LogP) is 2.87. The van der Waals surface area contributed by atoms with E-state index in [2.05, 4.69) is 6.92 Å². The van der Waals surface area contributed by atoms with Gasteiger partial charge >= 0.3 is 0 Å². The number of hydrogen-bond donors (Lipinski definition) is 0. The van der Waals surface area contributed by atoms with Crippen molar-refractivity contribution in [1.29, 1.82) is 0 Å². The summed E-state index contributed by atoms with van der Waals surface area (Å²) in [6.07, 6.45) is 5.12. The largest absolute Gasteiger partial charge is 0.501 e. The zero-order valence-electron chi connectivity index (χ0n) is 10.0. The SMILES string of the molecule is CC(C)=COCCC1(C)CCCS(=O)C1. The molecule has 0 aliphatic carbocycles. The lowest BCUT2D eigenvalue weighted by Crippen LogP contribution is -2.31. The van der Waals surface area contributed by atoms with Crippen LogP contribution in [-0.4, -0.2) is 22.3 Å². The lowest BCUT2D eigenvalue weighted by Gasteiger charge is -2.32. The molecular weight excluding hydrogens is 208 g/mol. The van der Waals surface area contributed by atoms with Gasteiger partial charge in [0.25, 0.3) is 0 Å². The van der Waals surface area contributed by atoms with Gasteiger partial charge in [0.15, 0.2) is 0 Å². The van der Waals surface area contributed by atoms with Crippen LogP contribution in [0.2, 0.25) is 0 Å².